The fourth-order valence-corrected chi connectivity index (χ4v) is 2.28. The number of aromatic nitrogens is 1. The molecular formula is C11H12N2O2. The van der Waals surface area contributed by atoms with Crippen molar-refractivity contribution in [1.82, 2.24) is 9.88 Å². The first-order valence-corrected chi connectivity index (χ1v) is 5.00. The fraction of sp³-hybridized carbons (Fsp3) is 0.455. The summed E-state index contributed by atoms with van der Waals surface area (Å²) < 4.78 is 5.67. The number of hydrogen-bond acceptors (Lipinski definition) is 3. The highest BCUT2D eigenvalue weighted by Crippen LogP contribution is 2.43. The molecule has 4 heteroatoms. The molecule has 2 aliphatic rings. The summed E-state index contributed by atoms with van der Waals surface area (Å²) in [6, 6.07) is 1.86. The van der Waals surface area contributed by atoms with Gasteiger partial charge in [-0.1, -0.05) is 0 Å². The number of rotatable bonds is 0. The number of nitrogens with zero attached hydrogens (tertiary/aromatic N) is 2. The molecule has 3 heterocycles. The number of carbonyl (C=O) groups is 1. The minimum atomic E-state index is -0.221. The topological polar surface area (TPSA) is 42.4 Å². The van der Waals surface area contributed by atoms with Crippen LogP contribution < -0.4 is 0 Å². The number of ether oxygens (including phenoxy) is 1. The van der Waals surface area contributed by atoms with E-state index in [0.29, 0.717) is 12.2 Å². The number of fused-ring (bicyclic) bond motifs is 3. The molecule has 2 aliphatic heterocycles. The molecule has 1 aromatic heterocycles. The van der Waals surface area contributed by atoms with Gasteiger partial charge in [-0.2, -0.15) is 0 Å². The van der Waals surface area contributed by atoms with Crippen molar-refractivity contribution in [2.75, 3.05) is 6.61 Å². The third kappa shape index (κ3) is 0.997. The smallest absolute Gasteiger partial charge is 0.258 e. The van der Waals surface area contributed by atoms with Crippen molar-refractivity contribution in [3.05, 3.63) is 29.6 Å². The summed E-state index contributed by atoms with van der Waals surface area (Å²) >= 11 is 0. The van der Waals surface area contributed by atoms with Gasteiger partial charge >= 0.3 is 0 Å². The molecule has 1 fully saturated rings. The first-order valence-electron chi connectivity index (χ1n) is 5.00. The van der Waals surface area contributed by atoms with Crippen LogP contribution in [-0.2, 0) is 4.74 Å². The standard InChI is InChI=1S/C11H12N2O2/c1-11(2)6-15-10-7-3-4-12-5-8(7)9(14)13(10)11/h3-5,10H,6H2,1-2H3. The van der Waals surface area contributed by atoms with Crippen LogP contribution in [0.3, 0.4) is 0 Å². The zero-order valence-electron chi connectivity index (χ0n) is 8.73. The molecule has 0 spiro atoms. The molecule has 1 atom stereocenters. The molecule has 1 saturated heterocycles. The number of amides is 1. The summed E-state index contributed by atoms with van der Waals surface area (Å²) in [7, 11) is 0. The van der Waals surface area contributed by atoms with E-state index in [9.17, 15) is 4.79 Å². The first kappa shape index (κ1) is 8.85. The van der Waals surface area contributed by atoms with E-state index in [4.69, 9.17) is 4.74 Å². The van der Waals surface area contributed by atoms with Gasteiger partial charge in [0.05, 0.1) is 17.7 Å². The summed E-state index contributed by atoms with van der Waals surface area (Å²) in [6.45, 7) is 4.62. The fourth-order valence-electron chi connectivity index (χ4n) is 2.28. The van der Waals surface area contributed by atoms with Crippen LogP contribution >= 0.6 is 0 Å². The van der Waals surface area contributed by atoms with Gasteiger partial charge in [0.2, 0.25) is 0 Å². The van der Waals surface area contributed by atoms with Crippen LogP contribution in [0.25, 0.3) is 0 Å². The Hall–Kier alpha value is -1.42. The molecule has 1 aromatic rings. The molecule has 1 amide bonds. The Kier molecular flexibility index (Phi) is 1.52. The molecule has 0 aromatic carbocycles. The van der Waals surface area contributed by atoms with E-state index < -0.39 is 0 Å². The van der Waals surface area contributed by atoms with Gasteiger partial charge < -0.3 is 9.64 Å². The van der Waals surface area contributed by atoms with Gasteiger partial charge in [-0.05, 0) is 19.9 Å². The third-order valence-corrected chi connectivity index (χ3v) is 3.05. The van der Waals surface area contributed by atoms with Crippen molar-refractivity contribution in [3.63, 3.8) is 0 Å². The molecule has 4 nitrogen and oxygen atoms in total. The molecule has 3 rings (SSSR count). The van der Waals surface area contributed by atoms with Crippen LogP contribution in [0.5, 0.6) is 0 Å². The molecule has 0 radical (unpaired) electrons. The van der Waals surface area contributed by atoms with Crippen molar-refractivity contribution in [2.24, 2.45) is 0 Å². The van der Waals surface area contributed by atoms with E-state index in [1.165, 1.54) is 0 Å². The van der Waals surface area contributed by atoms with Crippen LogP contribution in [0.15, 0.2) is 18.5 Å². The highest BCUT2D eigenvalue weighted by Gasteiger charge is 2.50. The monoisotopic (exact) mass is 204 g/mol. The normalized spacial score (nSPS) is 26.7. The number of pyridine rings is 1. The maximum atomic E-state index is 12.1. The van der Waals surface area contributed by atoms with Crippen LogP contribution in [0.2, 0.25) is 0 Å². The van der Waals surface area contributed by atoms with Gasteiger partial charge in [0.15, 0.2) is 6.23 Å². The first-order chi connectivity index (χ1) is 7.11. The van der Waals surface area contributed by atoms with Crippen LogP contribution in [0.4, 0.5) is 0 Å². The minimum absolute atomic E-state index is 0.0330. The molecule has 15 heavy (non-hydrogen) atoms. The predicted octanol–water partition coefficient (Wildman–Crippen LogP) is 1.34. The Bertz CT molecular complexity index is 442. The minimum Gasteiger partial charge on any atom is -0.351 e. The molecule has 0 saturated carbocycles. The SMILES string of the molecule is CC1(C)COC2c3ccncc3C(=O)N21. The second-order valence-electron chi connectivity index (χ2n) is 4.61. The predicted molar refractivity (Wildman–Crippen MR) is 53.2 cm³/mol. The van der Waals surface area contributed by atoms with E-state index in [-0.39, 0.29) is 17.7 Å². The Labute approximate surface area is 87.9 Å². The number of hydrogen-bond donors (Lipinski definition) is 0. The largest absolute Gasteiger partial charge is 0.351 e. The van der Waals surface area contributed by atoms with Crippen LogP contribution in [0, 0.1) is 0 Å². The van der Waals surface area contributed by atoms with Gasteiger partial charge in [-0.15, -0.1) is 0 Å². The molecule has 0 aliphatic carbocycles. The van der Waals surface area contributed by atoms with Gasteiger partial charge in [0.1, 0.15) is 0 Å². The lowest BCUT2D eigenvalue weighted by molar-refractivity contribution is 0.0316. The maximum Gasteiger partial charge on any atom is 0.258 e. The van der Waals surface area contributed by atoms with Crippen LogP contribution in [-0.4, -0.2) is 27.9 Å². The Morgan fingerprint density at radius 1 is 1.60 bits per heavy atom. The van der Waals surface area contributed by atoms with Gasteiger partial charge in [0, 0.05) is 18.0 Å². The second-order valence-corrected chi connectivity index (χ2v) is 4.61. The molecule has 0 N–H and O–H groups in total. The Balaban J connectivity index is 2.16. The van der Waals surface area contributed by atoms with Gasteiger partial charge in [-0.25, -0.2) is 0 Å². The lowest BCUT2D eigenvalue weighted by Gasteiger charge is -2.28. The quantitative estimate of drug-likeness (QED) is 0.640. The van der Waals surface area contributed by atoms with E-state index in [2.05, 4.69) is 4.98 Å². The third-order valence-electron chi connectivity index (χ3n) is 3.05. The van der Waals surface area contributed by atoms with E-state index in [0.717, 1.165) is 5.56 Å². The Morgan fingerprint density at radius 3 is 3.20 bits per heavy atom. The summed E-state index contributed by atoms with van der Waals surface area (Å²) in [5.74, 6) is 0.0330. The van der Waals surface area contributed by atoms with E-state index >= 15 is 0 Å². The lowest BCUT2D eigenvalue weighted by Crippen LogP contribution is -2.42. The molecule has 78 valence electrons. The molecular weight excluding hydrogens is 192 g/mol. The van der Waals surface area contributed by atoms with Gasteiger partial charge in [0.25, 0.3) is 5.91 Å². The maximum absolute atomic E-state index is 12.1. The summed E-state index contributed by atoms with van der Waals surface area (Å²) in [5, 5.41) is 0. The zero-order chi connectivity index (χ0) is 10.6. The summed E-state index contributed by atoms with van der Waals surface area (Å²) in [5.41, 5.74) is 1.40. The van der Waals surface area contributed by atoms with Gasteiger partial charge in [-0.3, -0.25) is 9.78 Å². The lowest BCUT2D eigenvalue weighted by atomic mass is 10.1. The van der Waals surface area contributed by atoms with Crippen molar-refractivity contribution in [1.29, 1.82) is 0 Å². The average molecular weight is 204 g/mol. The van der Waals surface area contributed by atoms with Crippen molar-refractivity contribution in [3.8, 4) is 0 Å². The highest BCUT2D eigenvalue weighted by atomic mass is 16.5. The summed E-state index contributed by atoms with van der Waals surface area (Å²) in [4.78, 5) is 17.9. The van der Waals surface area contributed by atoms with Crippen molar-refractivity contribution in [2.45, 2.75) is 25.6 Å². The molecule has 0 bridgehead atoms. The van der Waals surface area contributed by atoms with E-state index in [1.807, 2.05) is 19.9 Å². The average Bonchev–Trinajstić information content (AvgIpc) is 2.67. The second kappa shape index (κ2) is 2.58. The van der Waals surface area contributed by atoms with Crippen molar-refractivity contribution < 1.29 is 9.53 Å². The zero-order valence-corrected chi connectivity index (χ0v) is 8.73. The molecule has 1 unspecified atom stereocenters. The Morgan fingerprint density at radius 2 is 2.40 bits per heavy atom. The van der Waals surface area contributed by atoms with Crippen molar-refractivity contribution >= 4 is 5.91 Å². The van der Waals surface area contributed by atoms with E-state index in [1.54, 1.807) is 17.3 Å². The highest BCUT2D eigenvalue weighted by molar-refractivity contribution is 5.99. The summed E-state index contributed by atoms with van der Waals surface area (Å²) in [6.07, 6.45) is 3.12. The number of carbonyl (C=O) groups excluding carboxylic acids is 1. The van der Waals surface area contributed by atoms with Crippen LogP contribution in [0.1, 0.15) is 36.0 Å².